The summed E-state index contributed by atoms with van der Waals surface area (Å²) < 4.78 is 0. The molecule has 0 spiro atoms. The highest BCUT2D eigenvalue weighted by Crippen LogP contribution is 2.08. The van der Waals surface area contributed by atoms with E-state index < -0.39 is 109 Å². The summed E-state index contributed by atoms with van der Waals surface area (Å²) in [5, 5.41) is 52.5. The summed E-state index contributed by atoms with van der Waals surface area (Å²) in [6.45, 7) is 5.06. The summed E-state index contributed by atoms with van der Waals surface area (Å²) >= 11 is 0. The molecular formula is C32H59N13O12. The average Bonchev–Trinajstić information content (AvgIpc) is 3.10. The predicted molar refractivity (Wildman–Crippen MR) is 203 cm³/mol. The number of nitrogens with zero attached hydrogens (tertiary/aromatic N) is 2. The third-order valence-corrected chi connectivity index (χ3v) is 7.85. The molecule has 0 heterocycles. The van der Waals surface area contributed by atoms with Crippen LogP contribution in [-0.4, -0.2) is 148 Å². The molecule has 0 fully saturated rings. The predicted octanol–water partition coefficient (Wildman–Crippen LogP) is -6.67. The van der Waals surface area contributed by atoms with E-state index in [9.17, 15) is 58.8 Å². The second-order valence-corrected chi connectivity index (χ2v) is 13.5. The van der Waals surface area contributed by atoms with Gasteiger partial charge in [-0.1, -0.05) is 13.8 Å². The van der Waals surface area contributed by atoms with Gasteiger partial charge in [0.15, 0.2) is 11.9 Å². The van der Waals surface area contributed by atoms with Crippen molar-refractivity contribution >= 4 is 59.3 Å². The minimum absolute atomic E-state index is 0.0131. The van der Waals surface area contributed by atoms with Gasteiger partial charge in [0.05, 0.1) is 25.2 Å². The van der Waals surface area contributed by atoms with Crippen molar-refractivity contribution in [1.82, 2.24) is 31.9 Å². The van der Waals surface area contributed by atoms with Gasteiger partial charge in [-0.3, -0.25) is 43.5 Å². The van der Waals surface area contributed by atoms with E-state index in [1.165, 1.54) is 13.8 Å². The first-order chi connectivity index (χ1) is 26.5. The van der Waals surface area contributed by atoms with Gasteiger partial charge in [0.1, 0.15) is 36.3 Å². The standard InChI is InChI=1S/C32H59N13O12/c1-14(2)11-19(27(53)45-23(16(4)47)29(55)41-18(30(56)57)8-6-10-39-32(36)37)42-24(50)15(3)40-26(52)20(12-22(48)49)43-28(54)21(13-46)44-25(51)17(33)7-5-9-38-31(34)35/h14-21,23,46-47H,5-13,33H2,1-4H3,(H,40,52)(H,41,55)(H,42,50)(H,43,54)(H,44,51)(H,45,53)(H,48,49)(H,56,57)(H4,34,35,38)(H4,36,37,39)/t15-,16+,17-,18-,19-,20-,21-,23-/m0/s1. The topological polar surface area (TPSA) is 444 Å². The molecule has 0 bridgehead atoms. The second kappa shape index (κ2) is 26.1. The SMILES string of the molecule is CC(C)C[C@H](NC(=O)[C@H](C)NC(=O)[C@H](CC(=O)O)NC(=O)[C@H](CO)NC(=O)[C@@H](N)CCCN=C(N)N)C(=O)N[C@H](C(=O)N[C@@H](CCCN=C(N)N)C(=O)O)[C@@H](C)O. The summed E-state index contributed by atoms with van der Waals surface area (Å²) in [5.41, 5.74) is 26.8. The van der Waals surface area contributed by atoms with Gasteiger partial charge in [0, 0.05) is 13.1 Å². The zero-order valence-corrected chi connectivity index (χ0v) is 32.4. The number of carboxylic acid groups (broad SMARTS) is 2. The Balaban J connectivity index is 5.75. The molecule has 0 unspecified atom stereocenters. The number of guanidine groups is 2. The molecule has 0 aliphatic heterocycles. The van der Waals surface area contributed by atoms with Gasteiger partial charge in [0.25, 0.3) is 0 Å². The number of carboxylic acids is 2. The first-order valence-electron chi connectivity index (χ1n) is 17.9. The fourth-order valence-electron chi connectivity index (χ4n) is 4.84. The maximum absolute atomic E-state index is 13.4. The number of nitrogens with one attached hydrogen (secondary N) is 6. The van der Waals surface area contributed by atoms with Crippen LogP contribution in [0.1, 0.15) is 66.2 Å². The van der Waals surface area contributed by atoms with Crippen molar-refractivity contribution < 1.29 is 58.8 Å². The van der Waals surface area contributed by atoms with Crippen LogP contribution in [0.4, 0.5) is 0 Å². The lowest BCUT2D eigenvalue weighted by molar-refractivity contribution is -0.143. The van der Waals surface area contributed by atoms with Gasteiger partial charge in [-0.2, -0.15) is 0 Å². The Bertz CT molecular complexity index is 1450. The lowest BCUT2D eigenvalue weighted by Crippen LogP contribution is -2.61. The highest BCUT2D eigenvalue weighted by atomic mass is 16.4. The van der Waals surface area contributed by atoms with Gasteiger partial charge in [-0.15, -0.1) is 0 Å². The molecule has 0 aliphatic carbocycles. The van der Waals surface area contributed by atoms with E-state index in [0.717, 1.165) is 0 Å². The molecule has 0 aromatic rings. The van der Waals surface area contributed by atoms with Crippen molar-refractivity contribution in [3.05, 3.63) is 0 Å². The van der Waals surface area contributed by atoms with Gasteiger partial charge in [-0.25, -0.2) is 4.79 Å². The fourth-order valence-corrected chi connectivity index (χ4v) is 4.84. The molecule has 0 radical (unpaired) electrons. The Morgan fingerprint density at radius 3 is 1.54 bits per heavy atom. The lowest BCUT2D eigenvalue weighted by Gasteiger charge is -2.27. The van der Waals surface area contributed by atoms with E-state index in [0.29, 0.717) is 6.42 Å². The highest BCUT2D eigenvalue weighted by molar-refractivity contribution is 5.98. The number of amides is 6. The zero-order chi connectivity index (χ0) is 44.0. The number of aliphatic hydroxyl groups is 2. The van der Waals surface area contributed by atoms with Crippen LogP contribution in [0.5, 0.6) is 0 Å². The normalized spacial score (nSPS) is 15.1. The summed E-state index contributed by atoms with van der Waals surface area (Å²) in [4.78, 5) is 109. The van der Waals surface area contributed by atoms with E-state index >= 15 is 0 Å². The molecule has 0 aromatic carbocycles. The van der Waals surface area contributed by atoms with Crippen LogP contribution in [0.15, 0.2) is 9.98 Å². The van der Waals surface area contributed by atoms with Crippen molar-refractivity contribution in [3.63, 3.8) is 0 Å². The Labute approximate surface area is 328 Å². The van der Waals surface area contributed by atoms with Crippen LogP contribution in [0, 0.1) is 5.92 Å². The molecule has 324 valence electrons. The first kappa shape index (κ1) is 51.2. The molecule has 25 nitrogen and oxygen atoms in total. The lowest BCUT2D eigenvalue weighted by atomic mass is 10.0. The number of aliphatic imine (C=N–C) groups is 2. The number of aliphatic carboxylic acids is 2. The van der Waals surface area contributed by atoms with Gasteiger partial charge in [-0.05, 0) is 51.9 Å². The van der Waals surface area contributed by atoms with Crippen LogP contribution in [0.3, 0.4) is 0 Å². The van der Waals surface area contributed by atoms with E-state index in [1.807, 2.05) is 0 Å². The monoisotopic (exact) mass is 817 g/mol. The average molecular weight is 818 g/mol. The van der Waals surface area contributed by atoms with Gasteiger partial charge >= 0.3 is 11.9 Å². The number of nitrogens with two attached hydrogens (primary N) is 5. The summed E-state index contributed by atoms with van der Waals surface area (Å²) in [6, 6.07) is -10.5. The minimum atomic E-state index is -1.81. The van der Waals surface area contributed by atoms with Crippen LogP contribution >= 0.6 is 0 Å². The molecule has 0 saturated carbocycles. The number of rotatable bonds is 27. The third kappa shape index (κ3) is 21.2. The van der Waals surface area contributed by atoms with Crippen molar-refractivity contribution in [2.45, 2.75) is 115 Å². The number of hydrogen-bond acceptors (Lipinski definition) is 13. The number of carbonyl (C=O) groups is 8. The Hall–Kier alpha value is -5.82. The first-order valence-corrected chi connectivity index (χ1v) is 17.9. The van der Waals surface area contributed by atoms with Crippen molar-refractivity contribution in [2.75, 3.05) is 19.7 Å². The van der Waals surface area contributed by atoms with Crippen molar-refractivity contribution in [3.8, 4) is 0 Å². The van der Waals surface area contributed by atoms with Crippen molar-refractivity contribution in [2.24, 2.45) is 44.6 Å². The van der Waals surface area contributed by atoms with E-state index in [1.54, 1.807) is 13.8 Å². The van der Waals surface area contributed by atoms with Crippen LogP contribution in [-0.2, 0) is 38.4 Å². The quantitative estimate of drug-likeness (QED) is 0.0208. The fraction of sp³-hybridized carbons (Fsp3) is 0.688. The van der Waals surface area contributed by atoms with Gasteiger partial charge in [0.2, 0.25) is 35.4 Å². The Morgan fingerprint density at radius 2 is 1.07 bits per heavy atom. The number of aliphatic hydroxyl groups excluding tert-OH is 2. The molecule has 57 heavy (non-hydrogen) atoms. The number of hydrogen-bond donors (Lipinski definition) is 15. The summed E-state index contributed by atoms with van der Waals surface area (Å²) in [7, 11) is 0. The molecule has 20 N–H and O–H groups in total. The van der Waals surface area contributed by atoms with Crippen LogP contribution in [0.2, 0.25) is 0 Å². The smallest absolute Gasteiger partial charge is 0.326 e. The molecule has 8 atom stereocenters. The third-order valence-electron chi connectivity index (χ3n) is 7.85. The molecule has 25 heteroatoms. The maximum Gasteiger partial charge on any atom is 0.326 e. The molecule has 0 aromatic heterocycles. The van der Waals surface area contributed by atoms with E-state index in [-0.39, 0.29) is 56.6 Å². The molecular weight excluding hydrogens is 758 g/mol. The Kier molecular flexibility index (Phi) is 23.4. The van der Waals surface area contributed by atoms with Crippen LogP contribution < -0.4 is 60.6 Å². The Morgan fingerprint density at radius 1 is 0.596 bits per heavy atom. The molecule has 0 saturated heterocycles. The largest absolute Gasteiger partial charge is 0.481 e. The minimum Gasteiger partial charge on any atom is -0.481 e. The molecule has 0 rings (SSSR count). The summed E-state index contributed by atoms with van der Waals surface area (Å²) in [6.07, 6.45) is -2.05. The van der Waals surface area contributed by atoms with E-state index in [4.69, 9.17) is 28.7 Å². The zero-order valence-electron chi connectivity index (χ0n) is 32.4. The number of carbonyl (C=O) groups excluding carboxylic acids is 6. The highest BCUT2D eigenvalue weighted by Gasteiger charge is 2.34. The van der Waals surface area contributed by atoms with Gasteiger partial charge < -0.3 is 81.0 Å². The van der Waals surface area contributed by atoms with Crippen LogP contribution in [0.25, 0.3) is 0 Å². The molecule has 0 aliphatic rings. The van der Waals surface area contributed by atoms with Crippen molar-refractivity contribution in [1.29, 1.82) is 0 Å². The maximum atomic E-state index is 13.4. The van der Waals surface area contributed by atoms with E-state index in [2.05, 4.69) is 41.9 Å². The summed E-state index contributed by atoms with van der Waals surface area (Å²) in [5.74, 6) is -9.64. The molecule has 6 amide bonds. The second-order valence-electron chi connectivity index (χ2n) is 13.5.